The highest BCUT2D eigenvalue weighted by Crippen LogP contribution is 2.32. The summed E-state index contributed by atoms with van der Waals surface area (Å²) < 4.78 is 51.7. The number of hydrogen-bond donors (Lipinski definition) is 2. The van der Waals surface area contributed by atoms with Crippen molar-refractivity contribution in [1.29, 1.82) is 0 Å². The predicted molar refractivity (Wildman–Crippen MR) is 149 cm³/mol. The van der Waals surface area contributed by atoms with Crippen molar-refractivity contribution in [3.63, 3.8) is 0 Å². The summed E-state index contributed by atoms with van der Waals surface area (Å²) in [6.45, 7) is 2.18. The number of amides is 2. The molecule has 0 spiro atoms. The number of rotatable bonds is 12. The number of nitrogens with zero attached hydrogens (tertiary/aromatic N) is 1. The van der Waals surface area contributed by atoms with Crippen molar-refractivity contribution in [2.24, 2.45) is 0 Å². The maximum Gasteiger partial charge on any atom is 0.242 e. The molecule has 0 bridgehead atoms. The molecule has 2 N–H and O–H groups in total. The van der Waals surface area contributed by atoms with Gasteiger partial charge in [-0.3, -0.25) is 9.59 Å². The van der Waals surface area contributed by atoms with Crippen molar-refractivity contribution in [3.8, 4) is 11.5 Å². The van der Waals surface area contributed by atoms with Gasteiger partial charge in [0, 0.05) is 25.6 Å². The molecule has 2 amide bonds. The minimum atomic E-state index is -3.56. The number of halogens is 1. The molecule has 3 aromatic carbocycles. The number of aryl methyl sites for hydroxylation is 1. The number of nitrogens with one attached hydrogen (secondary N) is 2. The summed E-state index contributed by atoms with van der Waals surface area (Å²) in [5, 5.41) is 2.88. The predicted octanol–water partition coefficient (Wildman–Crippen LogP) is 3.66. The second kappa shape index (κ2) is 12.3. The first-order valence-electron chi connectivity index (χ1n) is 13.5. The van der Waals surface area contributed by atoms with E-state index in [-0.39, 0.29) is 54.9 Å². The van der Waals surface area contributed by atoms with Gasteiger partial charge in [0.25, 0.3) is 0 Å². The molecular weight excluding hydrogens is 549 g/mol. The van der Waals surface area contributed by atoms with Crippen LogP contribution >= 0.6 is 0 Å². The Labute approximate surface area is 238 Å². The van der Waals surface area contributed by atoms with Gasteiger partial charge in [-0.1, -0.05) is 30.3 Å². The van der Waals surface area contributed by atoms with E-state index in [2.05, 4.69) is 10.0 Å². The molecule has 0 unspecified atom stereocenters. The molecule has 3 aromatic rings. The van der Waals surface area contributed by atoms with Gasteiger partial charge in [-0.15, -0.1) is 0 Å². The molecule has 1 heterocycles. The van der Waals surface area contributed by atoms with E-state index in [0.29, 0.717) is 23.5 Å². The number of carbonyl (C=O) groups is 2. The van der Waals surface area contributed by atoms with Crippen LogP contribution in [0, 0.1) is 5.82 Å². The maximum atomic E-state index is 13.5. The minimum Gasteiger partial charge on any atom is -0.454 e. The number of benzene rings is 3. The third kappa shape index (κ3) is 7.42. The Balaban J connectivity index is 1.23. The van der Waals surface area contributed by atoms with Crippen LogP contribution in [0.3, 0.4) is 0 Å². The Morgan fingerprint density at radius 2 is 1.61 bits per heavy atom. The van der Waals surface area contributed by atoms with Crippen molar-refractivity contribution in [2.75, 3.05) is 6.79 Å². The van der Waals surface area contributed by atoms with Crippen LogP contribution in [0.25, 0.3) is 0 Å². The first-order valence-corrected chi connectivity index (χ1v) is 15.0. The Hall–Kier alpha value is -3.96. The normalized spacial score (nSPS) is 14.9. The Morgan fingerprint density at radius 1 is 0.951 bits per heavy atom. The van der Waals surface area contributed by atoms with Crippen LogP contribution in [0.5, 0.6) is 11.5 Å². The average Bonchev–Trinajstić information content (AvgIpc) is 3.65. The molecule has 0 radical (unpaired) electrons. The zero-order valence-corrected chi connectivity index (χ0v) is 23.5. The minimum absolute atomic E-state index is 0.0144. The molecule has 0 saturated heterocycles. The van der Waals surface area contributed by atoms with Crippen molar-refractivity contribution in [3.05, 3.63) is 89.2 Å². The second-order valence-electron chi connectivity index (χ2n) is 10.3. The molecular formula is C30H32FN3O6S. The lowest BCUT2D eigenvalue weighted by Crippen LogP contribution is -2.47. The lowest BCUT2D eigenvalue weighted by atomic mass is 10.1. The number of hydrogen-bond acceptors (Lipinski definition) is 6. The summed E-state index contributed by atoms with van der Waals surface area (Å²) in [5.41, 5.74) is 2.31. The molecule has 0 aromatic heterocycles. The highest BCUT2D eigenvalue weighted by atomic mass is 32.2. The smallest absolute Gasteiger partial charge is 0.242 e. The van der Waals surface area contributed by atoms with Crippen LogP contribution in [0.2, 0.25) is 0 Å². The maximum absolute atomic E-state index is 13.5. The zero-order valence-electron chi connectivity index (χ0n) is 22.6. The second-order valence-corrected chi connectivity index (χ2v) is 12.0. The fourth-order valence-corrected chi connectivity index (χ4v) is 5.78. The number of carbonyl (C=O) groups excluding carboxylic acids is 2. The summed E-state index contributed by atoms with van der Waals surface area (Å²) in [7, 11) is -3.56. The van der Waals surface area contributed by atoms with Crippen molar-refractivity contribution in [1.82, 2.24) is 14.9 Å². The molecule has 41 heavy (non-hydrogen) atoms. The third-order valence-corrected chi connectivity index (χ3v) is 8.63. The number of ether oxygens (including phenoxy) is 2. The summed E-state index contributed by atoms with van der Waals surface area (Å²) >= 11 is 0. The Morgan fingerprint density at radius 3 is 2.32 bits per heavy atom. The Kier molecular flexibility index (Phi) is 8.55. The van der Waals surface area contributed by atoms with Crippen LogP contribution in [0.4, 0.5) is 4.39 Å². The first kappa shape index (κ1) is 28.6. The lowest BCUT2D eigenvalue weighted by Gasteiger charge is -2.29. The molecule has 9 nitrogen and oxygen atoms in total. The van der Waals surface area contributed by atoms with Crippen molar-refractivity contribution < 1.29 is 31.9 Å². The van der Waals surface area contributed by atoms with Gasteiger partial charge in [0.2, 0.25) is 28.6 Å². The molecule has 1 aliphatic carbocycles. The fraction of sp³-hybridized carbons (Fsp3) is 0.333. The van der Waals surface area contributed by atoms with Crippen molar-refractivity contribution in [2.45, 2.75) is 62.7 Å². The van der Waals surface area contributed by atoms with E-state index in [0.717, 1.165) is 24.0 Å². The van der Waals surface area contributed by atoms with E-state index in [1.54, 1.807) is 43.3 Å². The van der Waals surface area contributed by atoms with Crippen molar-refractivity contribution >= 4 is 21.8 Å². The van der Waals surface area contributed by atoms with Gasteiger partial charge in [-0.05, 0) is 79.3 Å². The summed E-state index contributed by atoms with van der Waals surface area (Å²) in [4.78, 5) is 28.2. The topological polar surface area (TPSA) is 114 Å². The van der Waals surface area contributed by atoms with Gasteiger partial charge in [-0.25, -0.2) is 17.5 Å². The average molecular weight is 582 g/mol. The molecule has 11 heteroatoms. The van der Waals surface area contributed by atoms with Gasteiger partial charge in [0.15, 0.2) is 11.5 Å². The van der Waals surface area contributed by atoms with E-state index in [1.165, 1.54) is 29.2 Å². The van der Waals surface area contributed by atoms with E-state index >= 15 is 0 Å². The standard InChI is InChI=1S/C30H32FN3O6S/c1-20(30(36)32-17-23-6-14-27-28(16-23)40-19-39-27)34(18-22-2-8-24(31)9-3-22)29(35)15-7-21-4-12-26(13-5-21)41(37,38)33-25-10-11-25/h2-6,8-9,12-14,16,20,25,33H,7,10-11,15,17-19H2,1H3,(H,32,36)/t20-/m1/s1. The van der Waals surface area contributed by atoms with Crippen LogP contribution < -0.4 is 19.5 Å². The quantitative estimate of drug-likeness (QED) is 0.338. The Bertz CT molecular complexity index is 1510. The molecule has 1 saturated carbocycles. The van der Waals surface area contributed by atoms with Gasteiger partial charge >= 0.3 is 0 Å². The van der Waals surface area contributed by atoms with E-state index in [4.69, 9.17) is 9.47 Å². The van der Waals surface area contributed by atoms with E-state index in [1.807, 2.05) is 6.07 Å². The third-order valence-electron chi connectivity index (χ3n) is 7.10. The molecule has 1 atom stereocenters. The van der Waals surface area contributed by atoms with Crippen LogP contribution in [0.1, 0.15) is 42.9 Å². The molecule has 216 valence electrons. The molecule has 1 fully saturated rings. The van der Waals surface area contributed by atoms with Crippen LogP contribution in [-0.2, 0) is 39.1 Å². The van der Waals surface area contributed by atoms with E-state index < -0.39 is 16.1 Å². The molecule has 1 aliphatic heterocycles. The zero-order chi connectivity index (χ0) is 29.0. The highest BCUT2D eigenvalue weighted by Gasteiger charge is 2.28. The van der Waals surface area contributed by atoms with Gasteiger partial charge in [0.05, 0.1) is 4.90 Å². The van der Waals surface area contributed by atoms with E-state index in [9.17, 15) is 22.4 Å². The van der Waals surface area contributed by atoms with Crippen LogP contribution in [0.15, 0.2) is 71.6 Å². The number of sulfonamides is 1. The lowest BCUT2D eigenvalue weighted by molar-refractivity contribution is -0.140. The van der Waals surface area contributed by atoms with Gasteiger partial charge < -0.3 is 19.7 Å². The van der Waals surface area contributed by atoms with Gasteiger partial charge in [-0.2, -0.15) is 0 Å². The largest absolute Gasteiger partial charge is 0.454 e. The monoisotopic (exact) mass is 581 g/mol. The molecule has 2 aliphatic rings. The van der Waals surface area contributed by atoms with Crippen LogP contribution in [-0.4, -0.2) is 44.0 Å². The number of fused-ring (bicyclic) bond motifs is 1. The fourth-order valence-electron chi connectivity index (χ4n) is 4.48. The summed E-state index contributed by atoms with van der Waals surface area (Å²) in [6.07, 6.45) is 2.17. The summed E-state index contributed by atoms with van der Waals surface area (Å²) in [6, 6.07) is 16.9. The first-order chi connectivity index (χ1) is 19.7. The SMILES string of the molecule is C[C@H](C(=O)NCc1ccc2c(c1)OCO2)N(Cc1ccc(F)cc1)C(=O)CCc1ccc(S(=O)(=O)NC2CC2)cc1. The summed E-state index contributed by atoms with van der Waals surface area (Å²) in [5.74, 6) is 0.278. The van der Waals surface area contributed by atoms with Gasteiger partial charge in [0.1, 0.15) is 11.9 Å². The highest BCUT2D eigenvalue weighted by molar-refractivity contribution is 7.89. The molecule has 5 rings (SSSR count).